The summed E-state index contributed by atoms with van der Waals surface area (Å²) in [6.07, 6.45) is 0.700. The smallest absolute Gasteiger partial charge is 0.241 e. The van der Waals surface area contributed by atoms with Crippen molar-refractivity contribution in [2.24, 2.45) is 0 Å². The number of nitriles is 1. The van der Waals surface area contributed by atoms with Crippen molar-refractivity contribution in [1.29, 1.82) is 5.26 Å². The zero-order valence-corrected chi connectivity index (χ0v) is 21.5. The van der Waals surface area contributed by atoms with Gasteiger partial charge in [-0.05, 0) is 59.5 Å². The second-order valence-corrected chi connectivity index (χ2v) is 9.40. The molecule has 0 aliphatic carbocycles. The highest BCUT2D eigenvalue weighted by Crippen LogP contribution is 2.30. The minimum Gasteiger partial charge on any atom is -0.496 e. The van der Waals surface area contributed by atoms with E-state index in [-0.39, 0.29) is 36.1 Å². The van der Waals surface area contributed by atoms with Gasteiger partial charge in [0.25, 0.3) is 0 Å². The van der Waals surface area contributed by atoms with Crippen molar-refractivity contribution in [3.8, 4) is 22.9 Å². The largest absolute Gasteiger partial charge is 0.496 e. The molecule has 1 fully saturated rings. The quantitative estimate of drug-likeness (QED) is 0.474. The molecule has 3 aromatic rings. The Hall–Kier alpha value is -4.22. The van der Waals surface area contributed by atoms with Crippen LogP contribution in [0.1, 0.15) is 36.0 Å². The molecule has 0 saturated carbocycles. The first-order chi connectivity index (χ1) is 18.4. The normalized spacial score (nSPS) is 16.9. The van der Waals surface area contributed by atoms with Crippen molar-refractivity contribution in [3.63, 3.8) is 0 Å². The zero-order valence-electron chi connectivity index (χ0n) is 21.5. The van der Waals surface area contributed by atoms with E-state index in [2.05, 4.69) is 22.8 Å². The Morgan fingerprint density at radius 3 is 2.45 bits per heavy atom. The number of carbonyl (C=O) groups excluding carboxylic acids is 2. The van der Waals surface area contributed by atoms with Crippen LogP contribution in [0.3, 0.4) is 0 Å². The van der Waals surface area contributed by atoms with Gasteiger partial charge in [0, 0.05) is 44.1 Å². The van der Waals surface area contributed by atoms with Crippen LogP contribution < -0.4 is 15.4 Å². The topological polar surface area (TPSA) is 94.5 Å². The summed E-state index contributed by atoms with van der Waals surface area (Å²) in [5, 5.41) is 15.3. The highest BCUT2D eigenvalue weighted by molar-refractivity contribution is 5.83. The molecule has 0 radical (unpaired) electrons. The van der Waals surface area contributed by atoms with Crippen LogP contribution in [0.25, 0.3) is 11.1 Å². The second kappa shape index (κ2) is 12.3. The van der Waals surface area contributed by atoms with Crippen LogP contribution >= 0.6 is 0 Å². The minimum atomic E-state index is -0.308. The van der Waals surface area contributed by atoms with E-state index in [4.69, 9.17) is 10.00 Å². The summed E-state index contributed by atoms with van der Waals surface area (Å²) in [6.45, 7) is 2.90. The number of likely N-dealkylation sites (tertiary alicyclic amines) is 1. The maximum atomic E-state index is 13.7. The molecule has 1 aliphatic rings. The van der Waals surface area contributed by atoms with Crippen molar-refractivity contribution in [1.82, 2.24) is 15.5 Å². The van der Waals surface area contributed by atoms with Gasteiger partial charge in [-0.15, -0.1) is 0 Å². The average molecular weight is 515 g/mol. The van der Waals surface area contributed by atoms with Crippen LogP contribution in [0.15, 0.2) is 66.7 Å². The van der Waals surface area contributed by atoms with E-state index in [9.17, 15) is 14.0 Å². The average Bonchev–Trinajstić information content (AvgIpc) is 2.95. The Kier molecular flexibility index (Phi) is 8.72. The molecule has 2 atom stereocenters. The van der Waals surface area contributed by atoms with Gasteiger partial charge in [0.2, 0.25) is 11.8 Å². The first-order valence-electron chi connectivity index (χ1n) is 12.6. The molecular weight excluding hydrogens is 483 g/mol. The molecule has 1 aliphatic heterocycles. The monoisotopic (exact) mass is 514 g/mol. The van der Waals surface area contributed by atoms with Crippen molar-refractivity contribution < 1.29 is 18.7 Å². The Morgan fingerprint density at radius 1 is 1.08 bits per heavy atom. The molecule has 3 aromatic carbocycles. The van der Waals surface area contributed by atoms with Gasteiger partial charge in [-0.2, -0.15) is 5.26 Å². The van der Waals surface area contributed by atoms with Crippen LogP contribution in [0, 0.1) is 17.1 Å². The number of hydrogen-bond donors (Lipinski definition) is 2. The van der Waals surface area contributed by atoms with Crippen LogP contribution in [-0.4, -0.2) is 49.5 Å². The number of rotatable bonds is 8. The van der Waals surface area contributed by atoms with Gasteiger partial charge < -0.3 is 20.3 Å². The van der Waals surface area contributed by atoms with Gasteiger partial charge >= 0.3 is 0 Å². The molecule has 196 valence electrons. The lowest BCUT2D eigenvalue weighted by Crippen LogP contribution is -2.51. The van der Waals surface area contributed by atoms with Crippen LogP contribution in [0.4, 0.5) is 4.39 Å². The van der Waals surface area contributed by atoms with Gasteiger partial charge in [-0.1, -0.05) is 30.3 Å². The van der Waals surface area contributed by atoms with Gasteiger partial charge in [0.1, 0.15) is 11.6 Å². The summed E-state index contributed by atoms with van der Waals surface area (Å²) in [4.78, 5) is 25.7. The lowest BCUT2D eigenvalue weighted by atomic mass is 9.85. The SMILES string of the molecule is COc1ccc(-c2ccc(C#N)cc2)cc1CN[C@H]1CCN(C(=O)CNC(C)=O)C[C@H]1c1ccc(F)cc1. The third-order valence-corrected chi connectivity index (χ3v) is 6.93. The summed E-state index contributed by atoms with van der Waals surface area (Å²) in [5.74, 6) is 0.0104. The summed E-state index contributed by atoms with van der Waals surface area (Å²) in [7, 11) is 1.64. The van der Waals surface area contributed by atoms with E-state index in [0.717, 1.165) is 28.0 Å². The van der Waals surface area contributed by atoms with E-state index in [0.29, 0.717) is 31.6 Å². The molecule has 0 bridgehead atoms. The molecule has 0 spiro atoms. The number of halogens is 1. The molecule has 38 heavy (non-hydrogen) atoms. The molecule has 2 N–H and O–H groups in total. The Bertz CT molecular complexity index is 1320. The summed E-state index contributed by atoms with van der Waals surface area (Å²) >= 11 is 0. The number of ether oxygens (including phenoxy) is 1. The van der Waals surface area contributed by atoms with Crippen molar-refractivity contribution in [2.45, 2.75) is 31.8 Å². The van der Waals surface area contributed by atoms with E-state index >= 15 is 0 Å². The molecule has 0 aromatic heterocycles. The maximum Gasteiger partial charge on any atom is 0.241 e. The Morgan fingerprint density at radius 2 is 1.79 bits per heavy atom. The third kappa shape index (κ3) is 6.55. The number of carbonyl (C=O) groups is 2. The number of benzene rings is 3. The Balaban J connectivity index is 1.53. The molecule has 1 heterocycles. The molecular formula is C30H31FN4O3. The van der Waals surface area contributed by atoms with E-state index in [1.54, 1.807) is 36.3 Å². The predicted octanol–water partition coefficient (Wildman–Crippen LogP) is 3.98. The summed E-state index contributed by atoms with van der Waals surface area (Å²) in [6, 6.07) is 22.0. The van der Waals surface area contributed by atoms with Crippen molar-refractivity contribution in [3.05, 3.63) is 89.2 Å². The predicted molar refractivity (Wildman–Crippen MR) is 143 cm³/mol. The number of amides is 2. The Labute approximate surface area is 222 Å². The molecule has 1 saturated heterocycles. The highest BCUT2D eigenvalue weighted by atomic mass is 19.1. The second-order valence-electron chi connectivity index (χ2n) is 9.40. The summed E-state index contributed by atoms with van der Waals surface area (Å²) < 4.78 is 19.3. The lowest BCUT2D eigenvalue weighted by molar-refractivity contribution is -0.133. The van der Waals surface area contributed by atoms with Gasteiger partial charge in [-0.3, -0.25) is 9.59 Å². The summed E-state index contributed by atoms with van der Waals surface area (Å²) in [5.41, 5.74) is 4.55. The minimum absolute atomic E-state index is 0.0357. The van der Waals surface area contributed by atoms with E-state index < -0.39 is 0 Å². The molecule has 4 rings (SSSR count). The fourth-order valence-corrected chi connectivity index (χ4v) is 4.86. The number of nitrogens with one attached hydrogen (secondary N) is 2. The highest BCUT2D eigenvalue weighted by Gasteiger charge is 2.32. The van der Waals surface area contributed by atoms with Gasteiger partial charge in [-0.25, -0.2) is 4.39 Å². The number of hydrogen-bond acceptors (Lipinski definition) is 5. The molecule has 8 heteroatoms. The fraction of sp³-hybridized carbons (Fsp3) is 0.300. The first-order valence-corrected chi connectivity index (χ1v) is 12.6. The van der Waals surface area contributed by atoms with E-state index in [1.807, 2.05) is 24.3 Å². The van der Waals surface area contributed by atoms with Crippen LogP contribution in [0.2, 0.25) is 0 Å². The van der Waals surface area contributed by atoms with Gasteiger partial charge in [0.05, 0.1) is 25.3 Å². The number of nitrogens with zero attached hydrogens (tertiary/aromatic N) is 2. The van der Waals surface area contributed by atoms with Gasteiger partial charge in [0.15, 0.2) is 0 Å². The maximum absolute atomic E-state index is 13.7. The van der Waals surface area contributed by atoms with E-state index in [1.165, 1.54) is 19.1 Å². The van der Waals surface area contributed by atoms with Crippen LogP contribution in [0.5, 0.6) is 5.75 Å². The molecule has 0 unspecified atom stereocenters. The number of methoxy groups -OCH3 is 1. The van der Waals surface area contributed by atoms with Crippen LogP contribution in [-0.2, 0) is 16.1 Å². The van der Waals surface area contributed by atoms with Crippen molar-refractivity contribution in [2.75, 3.05) is 26.7 Å². The zero-order chi connectivity index (χ0) is 27.1. The molecule has 7 nitrogen and oxygen atoms in total. The van der Waals surface area contributed by atoms with Crippen molar-refractivity contribution >= 4 is 11.8 Å². The molecule has 2 amide bonds. The first kappa shape index (κ1) is 26.8. The fourth-order valence-electron chi connectivity index (χ4n) is 4.86. The third-order valence-electron chi connectivity index (χ3n) is 6.93. The number of piperidine rings is 1. The standard InChI is InChI=1S/C30H31FN4O3/c1-20(36)33-18-30(37)35-14-13-28(27(19-35)23-7-10-26(31)11-8-23)34-17-25-15-24(9-12-29(25)38-2)22-5-3-21(16-32)4-6-22/h3-12,15,27-28,34H,13-14,17-19H2,1-2H3,(H,33,36)/t27-,28-/m0/s1. The lowest BCUT2D eigenvalue weighted by Gasteiger charge is -2.39.